The third-order valence-electron chi connectivity index (χ3n) is 4.48. The molecule has 0 aromatic rings. The number of sulfone groups is 1. The monoisotopic (exact) mass is 290 g/mol. The van der Waals surface area contributed by atoms with Crippen LogP contribution in [0.4, 0.5) is 0 Å². The molecule has 3 atom stereocenters. The normalized spacial score (nSPS) is 29.4. The number of hydrogen-bond acceptors (Lipinski definition) is 3. The van der Waals surface area contributed by atoms with Crippen LogP contribution in [-0.2, 0) is 9.84 Å². The quantitative estimate of drug-likeness (QED) is 0.846. The lowest BCUT2D eigenvalue weighted by atomic mass is 9.67. The lowest BCUT2D eigenvalue weighted by Gasteiger charge is -2.40. The van der Waals surface area contributed by atoms with E-state index in [0.717, 1.165) is 19.3 Å². The van der Waals surface area contributed by atoms with E-state index in [4.69, 9.17) is 0 Å². The summed E-state index contributed by atoms with van der Waals surface area (Å²) in [6.45, 7) is 8.60. The summed E-state index contributed by atoms with van der Waals surface area (Å²) in [5.74, 6) is 1.26. The van der Waals surface area contributed by atoms with Gasteiger partial charge in [-0.2, -0.15) is 0 Å². The zero-order valence-electron chi connectivity index (χ0n) is 12.9. The molecule has 0 aromatic heterocycles. The zero-order chi connectivity index (χ0) is 14.7. The number of aliphatic hydroxyl groups excluding tert-OH is 1. The molecule has 0 bridgehead atoms. The number of hydrogen-bond donors (Lipinski definition) is 1. The van der Waals surface area contributed by atoms with Crippen LogP contribution in [0.5, 0.6) is 0 Å². The molecule has 0 aromatic carbocycles. The van der Waals surface area contributed by atoms with Crippen molar-refractivity contribution < 1.29 is 13.5 Å². The van der Waals surface area contributed by atoms with E-state index in [1.807, 2.05) is 6.92 Å². The second-order valence-corrected chi connectivity index (χ2v) is 9.45. The van der Waals surface area contributed by atoms with Gasteiger partial charge in [0.2, 0.25) is 0 Å². The zero-order valence-corrected chi connectivity index (χ0v) is 13.7. The van der Waals surface area contributed by atoms with Crippen molar-refractivity contribution >= 4 is 9.84 Å². The lowest BCUT2D eigenvalue weighted by molar-refractivity contribution is 0.0183. The molecule has 3 unspecified atom stereocenters. The van der Waals surface area contributed by atoms with Gasteiger partial charge in [-0.3, -0.25) is 0 Å². The van der Waals surface area contributed by atoms with Crippen LogP contribution < -0.4 is 0 Å². The maximum absolute atomic E-state index is 11.8. The van der Waals surface area contributed by atoms with Crippen molar-refractivity contribution in [1.82, 2.24) is 0 Å². The predicted molar refractivity (Wildman–Crippen MR) is 79.9 cm³/mol. The molecule has 0 heterocycles. The van der Waals surface area contributed by atoms with Crippen LogP contribution in [-0.4, -0.2) is 31.1 Å². The minimum absolute atomic E-state index is 0.157. The average molecular weight is 290 g/mol. The average Bonchev–Trinajstić information content (AvgIpc) is 2.26. The van der Waals surface area contributed by atoms with Crippen molar-refractivity contribution in [3.8, 4) is 0 Å². The Kier molecular flexibility index (Phi) is 5.87. The van der Waals surface area contributed by atoms with Crippen LogP contribution in [0.3, 0.4) is 0 Å². The van der Waals surface area contributed by atoms with E-state index in [1.54, 1.807) is 0 Å². The van der Waals surface area contributed by atoms with E-state index >= 15 is 0 Å². The molecule has 19 heavy (non-hydrogen) atoms. The van der Waals surface area contributed by atoms with E-state index in [0.29, 0.717) is 18.8 Å². The lowest BCUT2D eigenvalue weighted by Crippen LogP contribution is -2.35. The summed E-state index contributed by atoms with van der Waals surface area (Å²) >= 11 is 0. The van der Waals surface area contributed by atoms with E-state index in [1.165, 1.54) is 0 Å². The van der Waals surface area contributed by atoms with Gasteiger partial charge in [0, 0.05) is 5.75 Å². The molecular weight excluding hydrogens is 260 g/mol. The van der Waals surface area contributed by atoms with Crippen molar-refractivity contribution in [2.45, 2.75) is 65.9 Å². The van der Waals surface area contributed by atoms with Gasteiger partial charge in [-0.25, -0.2) is 8.42 Å². The third-order valence-corrected chi connectivity index (χ3v) is 6.37. The van der Waals surface area contributed by atoms with Crippen molar-refractivity contribution in [2.75, 3.05) is 11.5 Å². The molecule has 1 fully saturated rings. The molecule has 114 valence electrons. The van der Waals surface area contributed by atoms with E-state index in [9.17, 15) is 13.5 Å². The minimum atomic E-state index is -2.92. The third kappa shape index (κ3) is 5.42. The smallest absolute Gasteiger partial charge is 0.150 e. The highest BCUT2D eigenvalue weighted by Gasteiger charge is 2.35. The summed E-state index contributed by atoms with van der Waals surface area (Å²) in [5.41, 5.74) is 0.251. The van der Waals surface area contributed by atoms with Gasteiger partial charge < -0.3 is 5.11 Å². The van der Waals surface area contributed by atoms with Crippen molar-refractivity contribution in [2.24, 2.45) is 17.3 Å². The molecule has 1 saturated carbocycles. The molecule has 0 saturated heterocycles. The van der Waals surface area contributed by atoms with Crippen LogP contribution in [0.1, 0.15) is 59.8 Å². The maximum atomic E-state index is 11.8. The van der Waals surface area contributed by atoms with Crippen LogP contribution in [0, 0.1) is 17.3 Å². The first-order chi connectivity index (χ1) is 8.65. The first-order valence-corrected chi connectivity index (χ1v) is 9.36. The molecule has 3 nitrogen and oxygen atoms in total. The Morgan fingerprint density at radius 3 is 2.32 bits per heavy atom. The van der Waals surface area contributed by atoms with Crippen molar-refractivity contribution in [3.05, 3.63) is 0 Å². The van der Waals surface area contributed by atoms with Crippen LogP contribution >= 0.6 is 0 Å². The van der Waals surface area contributed by atoms with E-state index < -0.39 is 9.84 Å². The van der Waals surface area contributed by atoms with E-state index in [2.05, 4.69) is 20.8 Å². The Morgan fingerprint density at radius 1 is 1.16 bits per heavy atom. The van der Waals surface area contributed by atoms with Gasteiger partial charge in [-0.15, -0.1) is 0 Å². The highest BCUT2D eigenvalue weighted by molar-refractivity contribution is 7.91. The fraction of sp³-hybridized carbons (Fsp3) is 1.00. The fourth-order valence-electron chi connectivity index (χ4n) is 3.09. The molecule has 1 N–H and O–H groups in total. The van der Waals surface area contributed by atoms with Gasteiger partial charge in [0.05, 0.1) is 11.9 Å². The summed E-state index contributed by atoms with van der Waals surface area (Å²) in [7, 11) is -2.92. The van der Waals surface area contributed by atoms with Gasteiger partial charge >= 0.3 is 0 Å². The first kappa shape index (κ1) is 17.0. The molecule has 0 amide bonds. The van der Waals surface area contributed by atoms with Crippen molar-refractivity contribution in [1.29, 1.82) is 0 Å². The highest BCUT2D eigenvalue weighted by atomic mass is 32.2. The van der Waals surface area contributed by atoms with Gasteiger partial charge in [0.25, 0.3) is 0 Å². The summed E-state index contributed by atoms with van der Waals surface area (Å²) in [6, 6.07) is 0. The molecule has 1 aliphatic carbocycles. The Bertz CT molecular complexity index is 367. The van der Waals surface area contributed by atoms with E-state index in [-0.39, 0.29) is 28.9 Å². The molecular formula is C15H30O3S. The second kappa shape index (κ2) is 6.57. The molecule has 0 radical (unpaired) electrons. The highest BCUT2D eigenvalue weighted by Crippen LogP contribution is 2.41. The molecule has 4 heteroatoms. The molecule has 0 spiro atoms. The number of rotatable bonds is 5. The molecule has 0 aliphatic heterocycles. The second-order valence-electron chi connectivity index (χ2n) is 7.14. The Labute approximate surface area is 118 Å². The topological polar surface area (TPSA) is 54.4 Å². The molecule has 1 rings (SSSR count). The summed E-state index contributed by atoms with van der Waals surface area (Å²) in [5, 5.41) is 10.1. The van der Waals surface area contributed by atoms with Crippen molar-refractivity contribution in [3.63, 3.8) is 0 Å². The fourth-order valence-corrected chi connectivity index (χ4v) is 4.58. The summed E-state index contributed by atoms with van der Waals surface area (Å²) < 4.78 is 23.6. The van der Waals surface area contributed by atoms with Crippen LogP contribution in [0.2, 0.25) is 0 Å². The minimum Gasteiger partial charge on any atom is -0.393 e. The van der Waals surface area contributed by atoms with Crippen LogP contribution in [0.25, 0.3) is 0 Å². The summed E-state index contributed by atoms with van der Waals surface area (Å²) in [4.78, 5) is 0. The van der Waals surface area contributed by atoms with Gasteiger partial charge in [0.1, 0.15) is 9.84 Å². The summed E-state index contributed by atoms with van der Waals surface area (Å²) in [6.07, 6.45) is 3.83. The largest absolute Gasteiger partial charge is 0.393 e. The molecule has 1 aliphatic rings. The van der Waals surface area contributed by atoms with Gasteiger partial charge in [-0.05, 0) is 49.4 Å². The Hall–Kier alpha value is -0.0900. The predicted octanol–water partition coefficient (Wildman–Crippen LogP) is 3.02. The number of aliphatic hydroxyl groups is 1. The van der Waals surface area contributed by atoms with Gasteiger partial charge in [-0.1, -0.05) is 27.7 Å². The standard InChI is InChI=1S/C15H30O3S/c1-5-9-19(17,18)10-8-12-11-13(15(2,3)4)6-7-14(12)16/h12-14,16H,5-11H2,1-4H3. The Balaban J connectivity index is 2.56. The SMILES string of the molecule is CCCS(=O)(=O)CCC1CC(C(C)(C)C)CCC1O. The first-order valence-electron chi connectivity index (χ1n) is 7.54. The Morgan fingerprint density at radius 2 is 1.79 bits per heavy atom. The maximum Gasteiger partial charge on any atom is 0.150 e. The van der Waals surface area contributed by atoms with Gasteiger partial charge in [0.15, 0.2) is 0 Å². The van der Waals surface area contributed by atoms with Crippen LogP contribution in [0.15, 0.2) is 0 Å².